The summed E-state index contributed by atoms with van der Waals surface area (Å²) in [5, 5.41) is 19.5. The quantitative estimate of drug-likeness (QED) is 0.755. The number of aliphatic hydroxyl groups is 1. The monoisotopic (exact) mass is 214 g/mol. The van der Waals surface area contributed by atoms with Crippen LogP contribution in [-0.4, -0.2) is 21.8 Å². The van der Waals surface area contributed by atoms with Gasteiger partial charge in [0.1, 0.15) is 0 Å². The Morgan fingerprint density at radius 2 is 2.00 bits per heavy atom. The van der Waals surface area contributed by atoms with Crippen molar-refractivity contribution in [2.24, 2.45) is 11.8 Å². The number of carboxylic acid groups (broad SMARTS) is 1. The van der Waals surface area contributed by atoms with Crippen LogP contribution in [0, 0.1) is 11.8 Å². The van der Waals surface area contributed by atoms with Gasteiger partial charge >= 0.3 is 5.97 Å². The van der Waals surface area contributed by atoms with Crippen molar-refractivity contribution in [2.75, 3.05) is 0 Å². The SMILES string of the molecule is CCCC(C(=O)O)C1(O)CCC(C)CC1. The maximum atomic E-state index is 11.1. The molecule has 0 aromatic rings. The number of carboxylic acids is 1. The molecule has 88 valence electrons. The minimum absolute atomic E-state index is 0.574. The zero-order valence-corrected chi connectivity index (χ0v) is 9.70. The molecule has 0 spiro atoms. The second-order valence-electron chi connectivity index (χ2n) is 4.97. The van der Waals surface area contributed by atoms with Gasteiger partial charge in [0, 0.05) is 0 Å². The molecule has 1 unspecified atom stereocenters. The van der Waals surface area contributed by atoms with Crippen LogP contribution >= 0.6 is 0 Å². The summed E-state index contributed by atoms with van der Waals surface area (Å²) in [6, 6.07) is 0. The van der Waals surface area contributed by atoms with Crippen molar-refractivity contribution in [3.8, 4) is 0 Å². The lowest BCUT2D eigenvalue weighted by Gasteiger charge is -2.39. The molecule has 0 aromatic carbocycles. The highest BCUT2D eigenvalue weighted by Crippen LogP contribution is 2.38. The Balaban J connectivity index is 2.68. The summed E-state index contributed by atoms with van der Waals surface area (Å²) in [4.78, 5) is 11.1. The van der Waals surface area contributed by atoms with Crippen molar-refractivity contribution < 1.29 is 15.0 Å². The molecule has 1 atom stereocenters. The van der Waals surface area contributed by atoms with Crippen LogP contribution < -0.4 is 0 Å². The fourth-order valence-electron chi connectivity index (χ4n) is 2.52. The van der Waals surface area contributed by atoms with Gasteiger partial charge in [-0.1, -0.05) is 20.3 Å². The normalized spacial score (nSPS) is 33.7. The summed E-state index contributed by atoms with van der Waals surface area (Å²) < 4.78 is 0. The molecule has 2 N–H and O–H groups in total. The number of hydrogen-bond acceptors (Lipinski definition) is 2. The maximum Gasteiger partial charge on any atom is 0.309 e. The van der Waals surface area contributed by atoms with Crippen molar-refractivity contribution in [1.82, 2.24) is 0 Å². The van der Waals surface area contributed by atoms with Crippen molar-refractivity contribution in [3.63, 3.8) is 0 Å². The predicted molar refractivity (Wildman–Crippen MR) is 58.6 cm³/mol. The van der Waals surface area contributed by atoms with E-state index in [1.807, 2.05) is 6.92 Å². The van der Waals surface area contributed by atoms with Crippen LogP contribution in [0.3, 0.4) is 0 Å². The summed E-state index contributed by atoms with van der Waals surface area (Å²) in [6.45, 7) is 4.12. The lowest BCUT2D eigenvalue weighted by Crippen LogP contribution is -2.45. The molecule has 1 saturated carbocycles. The Morgan fingerprint density at radius 3 is 2.40 bits per heavy atom. The van der Waals surface area contributed by atoms with E-state index in [0.29, 0.717) is 25.2 Å². The van der Waals surface area contributed by atoms with E-state index in [2.05, 4.69) is 6.92 Å². The third kappa shape index (κ3) is 2.94. The third-order valence-electron chi connectivity index (χ3n) is 3.66. The fourth-order valence-corrected chi connectivity index (χ4v) is 2.52. The Hall–Kier alpha value is -0.570. The minimum Gasteiger partial charge on any atom is -0.481 e. The van der Waals surface area contributed by atoms with Gasteiger partial charge in [0.2, 0.25) is 0 Å². The summed E-state index contributed by atoms with van der Waals surface area (Å²) in [7, 11) is 0. The van der Waals surface area contributed by atoms with E-state index in [1.165, 1.54) is 0 Å². The van der Waals surface area contributed by atoms with Gasteiger partial charge in [-0.25, -0.2) is 0 Å². The predicted octanol–water partition coefficient (Wildman–Crippen LogP) is 2.43. The van der Waals surface area contributed by atoms with E-state index in [-0.39, 0.29) is 0 Å². The molecule has 15 heavy (non-hydrogen) atoms. The first-order valence-electron chi connectivity index (χ1n) is 5.94. The average molecular weight is 214 g/mol. The summed E-state index contributed by atoms with van der Waals surface area (Å²) in [5.74, 6) is -0.787. The third-order valence-corrected chi connectivity index (χ3v) is 3.66. The summed E-state index contributed by atoms with van der Waals surface area (Å²) in [6.07, 6.45) is 4.58. The van der Waals surface area contributed by atoms with Crippen molar-refractivity contribution >= 4 is 5.97 Å². The first-order valence-corrected chi connectivity index (χ1v) is 5.94. The molecule has 0 amide bonds. The Kier molecular flexibility index (Phi) is 4.14. The zero-order chi connectivity index (χ0) is 11.5. The number of hydrogen-bond donors (Lipinski definition) is 2. The molecular weight excluding hydrogens is 192 g/mol. The highest BCUT2D eigenvalue weighted by Gasteiger charge is 2.42. The van der Waals surface area contributed by atoms with Gasteiger partial charge < -0.3 is 10.2 Å². The molecular formula is C12H22O3. The molecule has 3 nitrogen and oxygen atoms in total. The van der Waals surface area contributed by atoms with E-state index in [1.54, 1.807) is 0 Å². The van der Waals surface area contributed by atoms with Crippen LogP contribution in [0.15, 0.2) is 0 Å². The molecule has 1 fully saturated rings. The molecule has 3 heteroatoms. The number of aliphatic carboxylic acids is 1. The summed E-state index contributed by atoms with van der Waals surface area (Å²) in [5.41, 5.74) is -0.950. The van der Waals surface area contributed by atoms with Crippen LogP contribution in [0.4, 0.5) is 0 Å². The topological polar surface area (TPSA) is 57.5 Å². The second kappa shape index (κ2) is 4.97. The Labute approximate surface area is 91.5 Å². The zero-order valence-electron chi connectivity index (χ0n) is 9.70. The first-order chi connectivity index (χ1) is 6.99. The van der Waals surface area contributed by atoms with Gasteiger partial charge in [-0.15, -0.1) is 0 Å². The van der Waals surface area contributed by atoms with Gasteiger partial charge in [-0.2, -0.15) is 0 Å². The van der Waals surface area contributed by atoms with Crippen LogP contribution in [0.25, 0.3) is 0 Å². The van der Waals surface area contributed by atoms with Crippen LogP contribution in [0.1, 0.15) is 52.4 Å². The summed E-state index contributed by atoms with van der Waals surface area (Å²) >= 11 is 0. The van der Waals surface area contributed by atoms with E-state index >= 15 is 0 Å². The van der Waals surface area contributed by atoms with E-state index in [4.69, 9.17) is 5.11 Å². The largest absolute Gasteiger partial charge is 0.481 e. The fraction of sp³-hybridized carbons (Fsp3) is 0.917. The standard InChI is InChI=1S/C12H22O3/c1-3-4-10(11(13)14)12(15)7-5-9(2)6-8-12/h9-10,15H,3-8H2,1-2H3,(H,13,14). The lowest BCUT2D eigenvalue weighted by atomic mass is 9.71. The molecule has 0 heterocycles. The molecule has 1 aliphatic rings. The van der Waals surface area contributed by atoms with Crippen molar-refractivity contribution in [1.29, 1.82) is 0 Å². The van der Waals surface area contributed by atoms with Crippen LogP contribution in [0.2, 0.25) is 0 Å². The van der Waals surface area contributed by atoms with Crippen molar-refractivity contribution in [2.45, 2.75) is 58.0 Å². The minimum atomic E-state index is -0.950. The van der Waals surface area contributed by atoms with Gasteiger partial charge in [-0.3, -0.25) is 4.79 Å². The maximum absolute atomic E-state index is 11.1. The molecule has 1 rings (SSSR count). The van der Waals surface area contributed by atoms with Crippen LogP contribution in [0.5, 0.6) is 0 Å². The smallest absolute Gasteiger partial charge is 0.309 e. The van der Waals surface area contributed by atoms with Gasteiger partial charge in [0.25, 0.3) is 0 Å². The average Bonchev–Trinajstić information content (AvgIpc) is 2.19. The van der Waals surface area contributed by atoms with Gasteiger partial charge in [0.15, 0.2) is 0 Å². The Bertz CT molecular complexity index is 217. The number of carbonyl (C=O) groups is 1. The van der Waals surface area contributed by atoms with E-state index < -0.39 is 17.5 Å². The van der Waals surface area contributed by atoms with E-state index in [0.717, 1.165) is 19.3 Å². The lowest BCUT2D eigenvalue weighted by molar-refractivity contribution is -0.156. The van der Waals surface area contributed by atoms with Crippen LogP contribution in [-0.2, 0) is 4.79 Å². The molecule has 0 saturated heterocycles. The number of rotatable bonds is 4. The molecule has 0 aromatic heterocycles. The molecule has 1 aliphatic carbocycles. The van der Waals surface area contributed by atoms with Crippen molar-refractivity contribution in [3.05, 3.63) is 0 Å². The highest BCUT2D eigenvalue weighted by molar-refractivity contribution is 5.71. The Morgan fingerprint density at radius 1 is 1.47 bits per heavy atom. The molecule has 0 aliphatic heterocycles. The van der Waals surface area contributed by atoms with Gasteiger partial charge in [-0.05, 0) is 38.0 Å². The molecule has 0 radical (unpaired) electrons. The highest BCUT2D eigenvalue weighted by atomic mass is 16.4. The second-order valence-corrected chi connectivity index (χ2v) is 4.97. The molecule has 0 bridgehead atoms. The first kappa shape index (κ1) is 12.5. The van der Waals surface area contributed by atoms with Gasteiger partial charge in [0.05, 0.1) is 11.5 Å². The van der Waals surface area contributed by atoms with E-state index in [9.17, 15) is 9.90 Å².